The maximum Gasteiger partial charge on any atom is 0.230 e. The number of hydrogen-bond acceptors (Lipinski definition) is 4. The van der Waals surface area contributed by atoms with Gasteiger partial charge in [0.2, 0.25) is 5.91 Å². The number of aromatic amines is 1. The lowest BCUT2D eigenvalue weighted by Crippen LogP contribution is -2.45. The van der Waals surface area contributed by atoms with Crippen LogP contribution in [0.5, 0.6) is 0 Å². The van der Waals surface area contributed by atoms with Crippen molar-refractivity contribution in [2.45, 2.75) is 42.5 Å². The van der Waals surface area contributed by atoms with E-state index in [1.54, 1.807) is 11.8 Å². The fraction of sp³-hybridized carbons (Fsp3) is 0.474. The molecular formula is C19H24N4OS. The van der Waals surface area contributed by atoms with Crippen molar-refractivity contribution in [3.05, 3.63) is 42.1 Å². The van der Waals surface area contributed by atoms with Crippen LogP contribution in [-0.4, -0.2) is 41.0 Å². The first-order chi connectivity index (χ1) is 12.3. The van der Waals surface area contributed by atoms with Gasteiger partial charge in [-0.25, -0.2) is 0 Å². The first-order valence-electron chi connectivity index (χ1n) is 9.05. The van der Waals surface area contributed by atoms with E-state index in [0.717, 1.165) is 36.6 Å². The Morgan fingerprint density at radius 1 is 1.20 bits per heavy atom. The molecule has 5 nitrogen and oxygen atoms in total. The van der Waals surface area contributed by atoms with E-state index in [2.05, 4.69) is 26.5 Å². The molecule has 2 aliphatic rings. The topological polar surface area (TPSA) is 61.0 Å². The molecule has 2 heterocycles. The van der Waals surface area contributed by atoms with Crippen molar-refractivity contribution < 1.29 is 4.79 Å². The molecule has 6 heteroatoms. The summed E-state index contributed by atoms with van der Waals surface area (Å²) >= 11 is 1.59. The fourth-order valence-electron chi connectivity index (χ4n) is 3.28. The standard InChI is InChI=1S/C19H24N4OS/c24-19(13-25-16-4-2-1-3-5-16)20-15-8-10-23(11-9-15)18-12-17(21-22-18)14-6-7-14/h1-5,12,14-15H,6-11,13H2,(H,20,24)(H,21,22). The number of anilines is 1. The normalized spacial score (nSPS) is 18.3. The summed E-state index contributed by atoms with van der Waals surface area (Å²) in [6, 6.07) is 12.5. The van der Waals surface area contributed by atoms with Gasteiger partial charge in [-0.2, -0.15) is 5.10 Å². The Morgan fingerprint density at radius 2 is 1.96 bits per heavy atom. The summed E-state index contributed by atoms with van der Waals surface area (Å²) in [5.74, 6) is 2.38. The summed E-state index contributed by atoms with van der Waals surface area (Å²) in [6.45, 7) is 1.90. The van der Waals surface area contributed by atoms with Gasteiger partial charge in [0.15, 0.2) is 5.82 Å². The lowest BCUT2D eigenvalue weighted by molar-refractivity contribution is -0.119. The van der Waals surface area contributed by atoms with Crippen LogP contribution in [0.15, 0.2) is 41.3 Å². The number of nitrogens with zero attached hydrogens (tertiary/aromatic N) is 2. The summed E-state index contributed by atoms with van der Waals surface area (Å²) in [7, 11) is 0. The summed E-state index contributed by atoms with van der Waals surface area (Å²) in [5.41, 5.74) is 1.28. The van der Waals surface area contributed by atoms with E-state index in [1.807, 2.05) is 30.3 Å². The Hall–Kier alpha value is -1.95. The van der Waals surface area contributed by atoms with E-state index in [-0.39, 0.29) is 11.9 Å². The number of carbonyl (C=O) groups is 1. The maximum atomic E-state index is 12.2. The molecule has 2 N–H and O–H groups in total. The Morgan fingerprint density at radius 3 is 2.68 bits per heavy atom. The molecule has 2 fully saturated rings. The molecule has 0 radical (unpaired) electrons. The van der Waals surface area contributed by atoms with Crippen LogP contribution in [0.3, 0.4) is 0 Å². The fourth-order valence-corrected chi connectivity index (χ4v) is 4.01. The van der Waals surface area contributed by atoms with Gasteiger partial charge in [0.05, 0.1) is 5.75 Å². The smallest absolute Gasteiger partial charge is 0.230 e. The van der Waals surface area contributed by atoms with Gasteiger partial charge in [0.1, 0.15) is 0 Å². The second kappa shape index (κ2) is 7.52. The van der Waals surface area contributed by atoms with Crippen molar-refractivity contribution in [1.82, 2.24) is 15.5 Å². The highest BCUT2D eigenvalue weighted by Crippen LogP contribution is 2.40. The molecule has 0 unspecified atom stereocenters. The number of aromatic nitrogens is 2. The number of benzene rings is 1. The van der Waals surface area contributed by atoms with Crippen LogP contribution >= 0.6 is 11.8 Å². The minimum Gasteiger partial charge on any atom is -0.355 e. The monoisotopic (exact) mass is 356 g/mol. The molecule has 25 heavy (non-hydrogen) atoms. The van der Waals surface area contributed by atoms with Crippen LogP contribution in [0, 0.1) is 0 Å². The second-order valence-corrected chi connectivity index (χ2v) is 7.94. The third kappa shape index (κ3) is 4.37. The third-order valence-corrected chi connectivity index (χ3v) is 5.91. The van der Waals surface area contributed by atoms with Gasteiger partial charge < -0.3 is 10.2 Å². The maximum absolute atomic E-state index is 12.2. The summed E-state index contributed by atoms with van der Waals surface area (Å²) in [4.78, 5) is 15.6. The van der Waals surface area contributed by atoms with E-state index < -0.39 is 0 Å². The zero-order valence-electron chi connectivity index (χ0n) is 14.3. The Kier molecular flexibility index (Phi) is 4.97. The molecule has 2 aromatic rings. The number of H-pyrrole nitrogens is 1. The molecule has 1 aliphatic heterocycles. The Balaban J connectivity index is 1.21. The first kappa shape index (κ1) is 16.5. The summed E-state index contributed by atoms with van der Waals surface area (Å²) in [6.07, 6.45) is 4.54. The SMILES string of the molecule is O=C(CSc1ccccc1)NC1CCN(c2cc(C3CC3)[nH]n2)CC1. The number of rotatable bonds is 6. The first-order valence-corrected chi connectivity index (χ1v) is 10.0. The van der Waals surface area contributed by atoms with Crippen molar-refractivity contribution in [1.29, 1.82) is 0 Å². The minimum absolute atomic E-state index is 0.128. The van der Waals surface area contributed by atoms with E-state index in [9.17, 15) is 4.79 Å². The predicted molar refractivity (Wildman–Crippen MR) is 101 cm³/mol. The zero-order chi connectivity index (χ0) is 17.1. The zero-order valence-corrected chi connectivity index (χ0v) is 15.1. The Bertz CT molecular complexity index is 705. The third-order valence-electron chi connectivity index (χ3n) is 4.90. The van der Waals surface area contributed by atoms with E-state index in [0.29, 0.717) is 11.7 Å². The van der Waals surface area contributed by atoms with Crippen molar-refractivity contribution >= 4 is 23.5 Å². The minimum atomic E-state index is 0.128. The molecule has 4 rings (SSSR count). The summed E-state index contributed by atoms with van der Waals surface area (Å²) in [5, 5.41) is 10.8. The highest BCUT2D eigenvalue weighted by atomic mass is 32.2. The van der Waals surface area contributed by atoms with Crippen LogP contribution in [0.1, 0.15) is 37.3 Å². The molecule has 1 amide bonds. The van der Waals surface area contributed by atoms with Crippen molar-refractivity contribution in [2.24, 2.45) is 0 Å². The quantitative estimate of drug-likeness (QED) is 0.781. The Labute approximate surface area is 152 Å². The molecule has 1 aliphatic carbocycles. The van der Waals surface area contributed by atoms with Crippen LogP contribution in [-0.2, 0) is 4.79 Å². The number of carbonyl (C=O) groups excluding carboxylic acids is 1. The van der Waals surface area contributed by atoms with Crippen LogP contribution in [0.4, 0.5) is 5.82 Å². The average molecular weight is 356 g/mol. The highest BCUT2D eigenvalue weighted by molar-refractivity contribution is 8.00. The molecule has 1 aromatic carbocycles. The van der Waals surface area contributed by atoms with Crippen LogP contribution < -0.4 is 10.2 Å². The lowest BCUT2D eigenvalue weighted by Gasteiger charge is -2.32. The molecule has 0 atom stereocenters. The van der Waals surface area contributed by atoms with Gasteiger partial charge in [-0.1, -0.05) is 18.2 Å². The number of piperidine rings is 1. The largest absolute Gasteiger partial charge is 0.355 e. The van der Waals surface area contributed by atoms with Crippen molar-refractivity contribution in [3.8, 4) is 0 Å². The molecular weight excluding hydrogens is 332 g/mol. The van der Waals surface area contributed by atoms with Gasteiger partial charge in [-0.05, 0) is 37.8 Å². The van der Waals surface area contributed by atoms with E-state index in [1.165, 1.54) is 18.5 Å². The number of nitrogens with one attached hydrogen (secondary N) is 2. The molecule has 132 valence electrons. The number of amides is 1. The van der Waals surface area contributed by atoms with E-state index >= 15 is 0 Å². The number of thioether (sulfide) groups is 1. The second-order valence-electron chi connectivity index (χ2n) is 6.89. The lowest BCUT2D eigenvalue weighted by atomic mass is 10.1. The van der Waals surface area contributed by atoms with E-state index in [4.69, 9.17) is 0 Å². The average Bonchev–Trinajstić information content (AvgIpc) is 3.39. The van der Waals surface area contributed by atoms with Gasteiger partial charge in [-0.15, -0.1) is 11.8 Å². The van der Waals surface area contributed by atoms with Gasteiger partial charge >= 0.3 is 0 Å². The van der Waals surface area contributed by atoms with Crippen molar-refractivity contribution in [2.75, 3.05) is 23.7 Å². The van der Waals surface area contributed by atoms with Crippen LogP contribution in [0.2, 0.25) is 0 Å². The van der Waals surface area contributed by atoms with Gasteiger partial charge in [-0.3, -0.25) is 9.89 Å². The molecule has 1 saturated carbocycles. The molecule has 1 aromatic heterocycles. The van der Waals surface area contributed by atoms with Crippen LogP contribution in [0.25, 0.3) is 0 Å². The molecule has 1 saturated heterocycles. The molecule has 0 bridgehead atoms. The highest BCUT2D eigenvalue weighted by Gasteiger charge is 2.27. The summed E-state index contributed by atoms with van der Waals surface area (Å²) < 4.78 is 0. The van der Waals surface area contributed by atoms with Gasteiger partial charge in [0.25, 0.3) is 0 Å². The predicted octanol–water partition coefficient (Wildman–Crippen LogP) is 3.16. The van der Waals surface area contributed by atoms with Crippen molar-refractivity contribution in [3.63, 3.8) is 0 Å². The van der Waals surface area contributed by atoms with Gasteiger partial charge in [0, 0.05) is 41.7 Å². The molecule has 0 spiro atoms. The number of hydrogen-bond donors (Lipinski definition) is 2.